The number of azo groups is 1. The Morgan fingerprint density at radius 2 is 1.62 bits per heavy atom. The molecule has 0 aliphatic carbocycles. The molecule has 0 aliphatic rings. The minimum atomic E-state index is -0.757. The van der Waals surface area contributed by atoms with E-state index >= 15 is 0 Å². The maximum atomic E-state index is 13.0. The Bertz CT molecular complexity index is 1340. The summed E-state index contributed by atoms with van der Waals surface area (Å²) in [7, 11) is 0. The average Bonchev–Trinajstić information content (AvgIpc) is 3.17. The standard InChI is InChI=1S/C24H19N5O5/c30-20(27-28-22-18-13-17(29(33)34)11-12-19(18)26-24(22)32)14-25-23(31)21(15-7-3-1-4-8-15)16-9-5-2-6-10-16/h1-13,21,26,32H,14H2,(H,25,31). The van der Waals surface area contributed by atoms with E-state index in [4.69, 9.17) is 0 Å². The number of aromatic nitrogens is 1. The molecular formula is C24H19N5O5. The number of nitro groups is 1. The van der Waals surface area contributed by atoms with Gasteiger partial charge >= 0.3 is 0 Å². The average molecular weight is 457 g/mol. The molecule has 10 nitrogen and oxygen atoms in total. The molecule has 3 aromatic carbocycles. The van der Waals surface area contributed by atoms with E-state index in [9.17, 15) is 24.8 Å². The van der Waals surface area contributed by atoms with Crippen LogP contribution in [0.3, 0.4) is 0 Å². The van der Waals surface area contributed by atoms with Crippen LogP contribution in [-0.4, -0.2) is 33.4 Å². The maximum Gasteiger partial charge on any atom is 0.283 e. The summed E-state index contributed by atoms with van der Waals surface area (Å²) in [5, 5.41) is 31.2. The smallest absolute Gasteiger partial charge is 0.283 e. The summed E-state index contributed by atoms with van der Waals surface area (Å²) in [6, 6.07) is 22.3. The molecule has 0 atom stereocenters. The Morgan fingerprint density at radius 1 is 1.00 bits per heavy atom. The number of aromatic hydroxyl groups is 1. The second-order valence-corrected chi connectivity index (χ2v) is 7.38. The van der Waals surface area contributed by atoms with E-state index in [2.05, 4.69) is 20.5 Å². The fraction of sp³-hybridized carbons (Fsp3) is 0.0833. The Balaban J connectivity index is 1.49. The van der Waals surface area contributed by atoms with Crippen LogP contribution in [0.4, 0.5) is 11.4 Å². The summed E-state index contributed by atoms with van der Waals surface area (Å²) < 4.78 is 0. The SMILES string of the molecule is O=C(CNC(=O)C(c1ccccc1)c1ccccc1)N=Nc1c(O)[nH]c2ccc([N+](=O)[O-])cc12. The molecule has 4 aromatic rings. The number of carbonyl (C=O) groups is 2. The number of H-pyrrole nitrogens is 1. The number of nitrogens with zero attached hydrogens (tertiary/aromatic N) is 3. The van der Waals surface area contributed by atoms with Gasteiger partial charge in [-0.25, -0.2) is 0 Å². The van der Waals surface area contributed by atoms with E-state index in [1.807, 2.05) is 60.7 Å². The van der Waals surface area contributed by atoms with E-state index in [1.54, 1.807) is 0 Å². The molecule has 10 heteroatoms. The van der Waals surface area contributed by atoms with Crippen LogP contribution < -0.4 is 5.32 Å². The molecule has 2 amide bonds. The van der Waals surface area contributed by atoms with E-state index in [0.29, 0.717) is 5.52 Å². The number of rotatable bonds is 7. The van der Waals surface area contributed by atoms with Gasteiger partial charge in [-0.15, -0.1) is 10.2 Å². The first-order valence-corrected chi connectivity index (χ1v) is 10.3. The van der Waals surface area contributed by atoms with E-state index in [-0.39, 0.29) is 28.5 Å². The first kappa shape index (κ1) is 22.3. The zero-order valence-corrected chi connectivity index (χ0v) is 17.7. The fourth-order valence-corrected chi connectivity index (χ4v) is 3.56. The number of carbonyl (C=O) groups excluding carboxylic acids is 2. The van der Waals surface area contributed by atoms with Crippen LogP contribution in [-0.2, 0) is 9.59 Å². The molecule has 4 rings (SSSR count). The molecule has 0 aliphatic heterocycles. The fourth-order valence-electron chi connectivity index (χ4n) is 3.56. The third-order valence-electron chi connectivity index (χ3n) is 5.15. The number of fused-ring (bicyclic) bond motifs is 1. The van der Waals surface area contributed by atoms with Crippen LogP contribution in [0.1, 0.15) is 17.0 Å². The van der Waals surface area contributed by atoms with Gasteiger partial charge in [0.25, 0.3) is 11.6 Å². The van der Waals surface area contributed by atoms with Crippen molar-refractivity contribution in [2.45, 2.75) is 5.92 Å². The third-order valence-corrected chi connectivity index (χ3v) is 5.15. The lowest BCUT2D eigenvalue weighted by Gasteiger charge is -2.17. The Morgan fingerprint density at radius 3 is 2.21 bits per heavy atom. The highest BCUT2D eigenvalue weighted by molar-refractivity contribution is 5.96. The van der Waals surface area contributed by atoms with Crippen molar-refractivity contribution in [1.29, 1.82) is 0 Å². The molecule has 0 fully saturated rings. The summed E-state index contributed by atoms with van der Waals surface area (Å²) in [5.74, 6) is -2.14. The van der Waals surface area contributed by atoms with Gasteiger partial charge in [-0.3, -0.25) is 19.7 Å². The van der Waals surface area contributed by atoms with Gasteiger partial charge in [0.1, 0.15) is 6.54 Å². The van der Waals surface area contributed by atoms with E-state index in [1.165, 1.54) is 18.2 Å². The highest BCUT2D eigenvalue weighted by atomic mass is 16.6. The minimum absolute atomic E-state index is 0.107. The van der Waals surface area contributed by atoms with Gasteiger partial charge in [0.15, 0.2) is 5.69 Å². The van der Waals surface area contributed by atoms with Crippen molar-refractivity contribution in [3.05, 3.63) is 100 Å². The first-order chi connectivity index (χ1) is 16.4. The quantitative estimate of drug-likeness (QED) is 0.214. The van der Waals surface area contributed by atoms with Gasteiger partial charge in [0, 0.05) is 17.5 Å². The van der Waals surface area contributed by atoms with Gasteiger partial charge in [-0.1, -0.05) is 60.7 Å². The van der Waals surface area contributed by atoms with Crippen molar-refractivity contribution in [3.8, 4) is 5.88 Å². The molecule has 1 heterocycles. The number of aromatic amines is 1. The molecule has 0 saturated heterocycles. The van der Waals surface area contributed by atoms with Gasteiger partial charge in [0.05, 0.1) is 16.4 Å². The molecule has 0 unspecified atom stereocenters. The van der Waals surface area contributed by atoms with Crippen molar-refractivity contribution in [1.82, 2.24) is 10.3 Å². The number of nitrogens with one attached hydrogen (secondary N) is 2. The van der Waals surface area contributed by atoms with Gasteiger partial charge in [-0.2, -0.15) is 0 Å². The molecule has 1 aromatic heterocycles. The van der Waals surface area contributed by atoms with Crippen LogP contribution in [0, 0.1) is 10.1 Å². The number of amides is 2. The van der Waals surface area contributed by atoms with Crippen molar-refractivity contribution in [2.24, 2.45) is 10.2 Å². The molecule has 34 heavy (non-hydrogen) atoms. The summed E-state index contributed by atoms with van der Waals surface area (Å²) in [6.45, 7) is -0.415. The monoisotopic (exact) mass is 457 g/mol. The van der Waals surface area contributed by atoms with Crippen molar-refractivity contribution < 1.29 is 19.6 Å². The normalized spacial score (nSPS) is 11.2. The molecule has 170 valence electrons. The zero-order chi connectivity index (χ0) is 24.1. The van der Waals surface area contributed by atoms with Crippen LogP contribution in [0.5, 0.6) is 5.88 Å². The first-order valence-electron chi connectivity index (χ1n) is 10.3. The largest absolute Gasteiger partial charge is 0.493 e. The van der Waals surface area contributed by atoms with Gasteiger partial charge in [0.2, 0.25) is 11.8 Å². The Kier molecular flexibility index (Phi) is 6.40. The number of nitro benzene ring substituents is 1. The summed E-state index contributed by atoms with van der Waals surface area (Å²) >= 11 is 0. The molecule has 0 radical (unpaired) electrons. The zero-order valence-electron chi connectivity index (χ0n) is 17.7. The van der Waals surface area contributed by atoms with Gasteiger partial charge < -0.3 is 15.4 Å². The number of hydrogen-bond acceptors (Lipinski definition) is 6. The number of benzene rings is 3. The van der Waals surface area contributed by atoms with Crippen LogP contribution in [0.2, 0.25) is 0 Å². The maximum absolute atomic E-state index is 13.0. The highest BCUT2D eigenvalue weighted by Crippen LogP contribution is 2.37. The second kappa shape index (κ2) is 9.74. The van der Waals surface area contributed by atoms with E-state index < -0.39 is 23.3 Å². The lowest BCUT2D eigenvalue weighted by Crippen LogP contribution is -2.33. The van der Waals surface area contributed by atoms with Crippen molar-refractivity contribution >= 4 is 34.1 Å². The molecule has 0 bridgehead atoms. The van der Waals surface area contributed by atoms with Crippen LogP contribution in [0.15, 0.2) is 89.1 Å². The predicted octanol–water partition coefficient (Wildman–Crippen LogP) is 4.34. The van der Waals surface area contributed by atoms with E-state index in [0.717, 1.165) is 11.1 Å². The van der Waals surface area contributed by atoms with Crippen molar-refractivity contribution in [3.63, 3.8) is 0 Å². The number of hydrogen-bond donors (Lipinski definition) is 3. The lowest BCUT2D eigenvalue weighted by molar-refractivity contribution is -0.384. The lowest BCUT2D eigenvalue weighted by atomic mass is 9.90. The van der Waals surface area contributed by atoms with Crippen LogP contribution >= 0.6 is 0 Å². The topological polar surface area (TPSA) is 150 Å². The summed E-state index contributed by atoms with van der Waals surface area (Å²) in [6.07, 6.45) is 0. The number of non-ortho nitro benzene ring substituents is 1. The highest BCUT2D eigenvalue weighted by Gasteiger charge is 2.23. The summed E-state index contributed by atoms with van der Waals surface area (Å²) in [4.78, 5) is 38.3. The molecule has 0 saturated carbocycles. The minimum Gasteiger partial charge on any atom is -0.493 e. The second-order valence-electron chi connectivity index (χ2n) is 7.38. The van der Waals surface area contributed by atoms with Gasteiger partial charge in [-0.05, 0) is 17.2 Å². The molecule has 3 N–H and O–H groups in total. The summed E-state index contributed by atoms with van der Waals surface area (Å²) in [5.41, 5.74) is 1.63. The van der Waals surface area contributed by atoms with Crippen molar-refractivity contribution in [2.75, 3.05) is 6.54 Å². The third kappa shape index (κ3) is 4.80. The Hall–Kier alpha value is -4.86. The molecular weight excluding hydrogens is 438 g/mol. The Labute approximate surface area is 193 Å². The molecule has 0 spiro atoms. The predicted molar refractivity (Wildman–Crippen MR) is 124 cm³/mol. The van der Waals surface area contributed by atoms with Crippen LogP contribution in [0.25, 0.3) is 10.9 Å².